The third-order valence-corrected chi connectivity index (χ3v) is 4.12. The van der Waals surface area contributed by atoms with E-state index in [1.54, 1.807) is 18.2 Å². The van der Waals surface area contributed by atoms with Crippen molar-refractivity contribution in [2.75, 3.05) is 23.9 Å². The number of carbonyl (C=O) groups is 2. The average molecular weight is 361 g/mol. The van der Waals surface area contributed by atoms with Crippen molar-refractivity contribution in [2.45, 2.75) is 20.8 Å². The predicted molar refractivity (Wildman–Crippen MR) is 101 cm³/mol. The van der Waals surface area contributed by atoms with Crippen LogP contribution in [-0.4, -0.2) is 25.5 Å². The van der Waals surface area contributed by atoms with E-state index in [9.17, 15) is 9.59 Å². The van der Waals surface area contributed by atoms with Crippen LogP contribution in [0.15, 0.2) is 36.4 Å². The molecule has 0 unspecified atom stereocenters. The van der Waals surface area contributed by atoms with Crippen LogP contribution in [-0.2, 0) is 9.59 Å². The molecule has 0 aliphatic heterocycles. The standard InChI is InChI=1S/C19H21ClN2O3/c1-12-6-5-7-13(2)19(12)22(14(3)23)11-18(24)21-15-8-9-17(25-4)16(20)10-15/h5-10H,11H2,1-4H3,(H,21,24). The van der Waals surface area contributed by atoms with Gasteiger partial charge in [-0.25, -0.2) is 0 Å². The first kappa shape index (κ1) is 18.8. The summed E-state index contributed by atoms with van der Waals surface area (Å²) in [6, 6.07) is 10.7. The Morgan fingerprint density at radius 2 is 1.80 bits per heavy atom. The van der Waals surface area contributed by atoms with Gasteiger partial charge in [0.1, 0.15) is 12.3 Å². The molecule has 0 aromatic heterocycles. The minimum atomic E-state index is -0.306. The monoisotopic (exact) mass is 360 g/mol. The molecule has 0 aliphatic carbocycles. The van der Waals surface area contributed by atoms with Gasteiger partial charge in [0, 0.05) is 12.6 Å². The molecule has 0 bridgehead atoms. The molecular weight excluding hydrogens is 340 g/mol. The molecule has 2 aromatic carbocycles. The Hall–Kier alpha value is -2.53. The normalized spacial score (nSPS) is 10.3. The van der Waals surface area contributed by atoms with Crippen LogP contribution in [0, 0.1) is 13.8 Å². The quantitative estimate of drug-likeness (QED) is 0.878. The maximum atomic E-state index is 12.4. The van der Waals surface area contributed by atoms with Crippen molar-refractivity contribution in [3.05, 3.63) is 52.5 Å². The number of methoxy groups -OCH3 is 1. The average Bonchev–Trinajstić information content (AvgIpc) is 2.53. The summed E-state index contributed by atoms with van der Waals surface area (Å²) in [5.41, 5.74) is 3.18. The second-order valence-electron chi connectivity index (χ2n) is 5.74. The fraction of sp³-hybridized carbons (Fsp3) is 0.263. The van der Waals surface area contributed by atoms with E-state index in [1.807, 2.05) is 32.0 Å². The number of amides is 2. The van der Waals surface area contributed by atoms with Gasteiger partial charge >= 0.3 is 0 Å². The molecule has 2 amide bonds. The zero-order chi connectivity index (χ0) is 18.6. The number of hydrogen-bond acceptors (Lipinski definition) is 3. The van der Waals surface area contributed by atoms with Crippen LogP contribution in [0.1, 0.15) is 18.1 Å². The predicted octanol–water partition coefficient (Wildman–Crippen LogP) is 3.96. The minimum absolute atomic E-state index is 0.0787. The van der Waals surface area contributed by atoms with Gasteiger partial charge in [0.05, 0.1) is 17.8 Å². The molecule has 0 heterocycles. The molecule has 6 heteroatoms. The zero-order valence-electron chi connectivity index (χ0n) is 14.7. The van der Waals surface area contributed by atoms with Crippen molar-refractivity contribution in [1.29, 1.82) is 0 Å². The Morgan fingerprint density at radius 1 is 1.16 bits per heavy atom. The van der Waals surface area contributed by atoms with Crippen molar-refractivity contribution in [3.8, 4) is 5.75 Å². The van der Waals surface area contributed by atoms with Gasteiger partial charge < -0.3 is 15.0 Å². The molecular formula is C19H21ClN2O3. The Balaban J connectivity index is 2.19. The number of ether oxygens (including phenoxy) is 1. The highest BCUT2D eigenvalue weighted by Gasteiger charge is 2.19. The Labute approximate surface area is 152 Å². The molecule has 2 rings (SSSR count). The summed E-state index contributed by atoms with van der Waals surface area (Å²) in [7, 11) is 1.52. The summed E-state index contributed by atoms with van der Waals surface area (Å²) < 4.78 is 5.09. The van der Waals surface area contributed by atoms with Gasteiger partial charge in [-0.05, 0) is 43.2 Å². The number of para-hydroxylation sites is 1. The van der Waals surface area contributed by atoms with Gasteiger partial charge in [0.15, 0.2) is 0 Å². The molecule has 0 saturated heterocycles. The lowest BCUT2D eigenvalue weighted by atomic mass is 10.1. The van der Waals surface area contributed by atoms with Crippen LogP contribution in [0.5, 0.6) is 5.75 Å². The number of anilines is 2. The van der Waals surface area contributed by atoms with E-state index in [4.69, 9.17) is 16.3 Å². The number of rotatable bonds is 5. The maximum absolute atomic E-state index is 12.4. The summed E-state index contributed by atoms with van der Waals surface area (Å²) in [6.07, 6.45) is 0. The van der Waals surface area contributed by atoms with Gasteiger partial charge in [-0.2, -0.15) is 0 Å². The Kier molecular flexibility index (Phi) is 6.04. The van der Waals surface area contributed by atoms with Gasteiger partial charge in [-0.1, -0.05) is 29.8 Å². The second kappa shape index (κ2) is 8.03. The highest BCUT2D eigenvalue weighted by atomic mass is 35.5. The van der Waals surface area contributed by atoms with Crippen LogP contribution >= 0.6 is 11.6 Å². The van der Waals surface area contributed by atoms with E-state index in [0.29, 0.717) is 16.5 Å². The first-order chi connectivity index (χ1) is 11.8. The van der Waals surface area contributed by atoms with Crippen LogP contribution in [0.25, 0.3) is 0 Å². The smallest absolute Gasteiger partial charge is 0.244 e. The largest absolute Gasteiger partial charge is 0.495 e. The summed E-state index contributed by atoms with van der Waals surface area (Å²) in [5.74, 6) is 0.0277. The van der Waals surface area contributed by atoms with Crippen LogP contribution in [0.2, 0.25) is 5.02 Å². The van der Waals surface area contributed by atoms with Gasteiger partial charge in [-0.3, -0.25) is 9.59 Å². The number of benzene rings is 2. The van der Waals surface area contributed by atoms with E-state index in [2.05, 4.69) is 5.32 Å². The third kappa shape index (κ3) is 4.51. The van der Waals surface area contributed by atoms with Gasteiger partial charge in [-0.15, -0.1) is 0 Å². The highest BCUT2D eigenvalue weighted by molar-refractivity contribution is 6.32. The molecule has 1 N–H and O–H groups in total. The lowest BCUT2D eigenvalue weighted by molar-refractivity contribution is -0.120. The van der Waals surface area contributed by atoms with Crippen molar-refractivity contribution in [2.24, 2.45) is 0 Å². The summed E-state index contributed by atoms with van der Waals surface area (Å²) >= 11 is 6.07. The highest BCUT2D eigenvalue weighted by Crippen LogP contribution is 2.28. The molecule has 2 aromatic rings. The molecule has 25 heavy (non-hydrogen) atoms. The van der Waals surface area contributed by atoms with E-state index < -0.39 is 0 Å². The lowest BCUT2D eigenvalue weighted by Gasteiger charge is -2.24. The van der Waals surface area contributed by atoms with E-state index in [1.165, 1.54) is 18.9 Å². The third-order valence-electron chi connectivity index (χ3n) is 3.83. The van der Waals surface area contributed by atoms with Crippen molar-refractivity contribution in [3.63, 3.8) is 0 Å². The molecule has 0 aliphatic rings. The van der Waals surface area contributed by atoms with Crippen molar-refractivity contribution in [1.82, 2.24) is 0 Å². The molecule has 0 atom stereocenters. The van der Waals surface area contributed by atoms with Gasteiger partial charge in [0.25, 0.3) is 0 Å². The number of hydrogen-bond donors (Lipinski definition) is 1. The summed E-state index contributed by atoms with van der Waals surface area (Å²) in [4.78, 5) is 26.0. The fourth-order valence-electron chi connectivity index (χ4n) is 2.67. The molecule has 132 valence electrons. The van der Waals surface area contributed by atoms with Gasteiger partial charge in [0.2, 0.25) is 11.8 Å². The first-order valence-corrected chi connectivity index (χ1v) is 8.19. The van der Waals surface area contributed by atoms with E-state index in [0.717, 1.165) is 16.8 Å². The Bertz CT molecular complexity index is 785. The van der Waals surface area contributed by atoms with E-state index >= 15 is 0 Å². The maximum Gasteiger partial charge on any atom is 0.244 e. The molecule has 0 radical (unpaired) electrons. The molecule has 5 nitrogen and oxygen atoms in total. The number of carbonyl (C=O) groups excluding carboxylic acids is 2. The number of nitrogens with zero attached hydrogens (tertiary/aromatic N) is 1. The number of halogens is 1. The van der Waals surface area contributed by atoms with E-state index in [-0.39, 0.29) is 18.4 Å². The minimum Gasteiger partial charge on any atom is -0.495 e. The zero-order valence-corrected chi connectivity index (χ0v) is 15.5. The topological polar surface area (TPSA) is 58.6 Å². The summed E-state index contributed by atoms with van der Waals surface area (Å²) in [6.45, 7) is 5.20. The SMILES string of the molecule is COc1ccc(NC(=O)CN(C(C)=O)c2c(C)cccc2C)cc1Cl. The van der Waals surface area contributed by atoms with Crippen molar-refractivity contribution >= 4 is 34.8 Å². The van der Waals surface area contributed by atoms with Crippen LogP contribution < -0.4 is 15.0 Å². The molecule has 0 fully saturated rings. The van der Waals surface area contributed by atoms with Crippen LogP contribution in [0.3, 0.4) is 0 Å². The Morgan fingerprint density at radius 3 is 2.32 bits per heavy atom. The summed E-state index contributed by atoms with van der Waals surface area (Å²) in [5, 5.41) is 3.16. The van der Waals surface area contributed by atoms with Crippen molar-refractivity contribution < 1.29 is 14.3 Å². The van der Waals surface area contributed by atoms with Crippen LogP contribution in [0.4, 0.5) is 11.4 Å². The second-order valence-corrected chi connectivity index (χ2v) is 6.15. The molecule has 0 saturated carbocycles. The molecule has 0 spiro atoms. The first-order valence-electron chi connectivity index (χ1n) is 7.81. The fourth-order valence-corrected chi connectivity index (χ4v) is 2.93. The number of nitrogens with one attached hydrogen (secondary N) is 1. The number of aryl methyl sites for hydroxylation is 2. The lowest BCUT2D eigenvalue weighted by Crippen LogP contribution is -2.37.